The zero-order valence-corrected chi connectivity index (χ0v) is 8.29. The molecular formula is C9H20N2O. The van der Waals surface area contributed by atoms with Crippen LogP contribution in [0.3, 0.4) is 0 Å². The number of hydrogen-bond acceptors (Lipinski definition) is 3. The Morgan fingerprint density at radius 1 is 1.33 bits per heavy atom. The molecule has 0 unspecified atom stereocenters. The van der Waals surface area contributed by atoms with Crippen LogP contribution in [0.2, 0.25) is 0 Å². The van der Waals surface area contributed by atoms with Gasteiger partial charge in [0.05, 0.1) is 12.2 Å². The van der Waals surface area contributed by atoms with Crippen molar-refractivity contribution in [2.24, 2.45) is 5.73 Å². The first-order valence-corrected chi connectivity index (χ1v) is 4.85. The highest BCUT2D eigenvalue weighted by atomic mass is 16.5. The van der Waals surface area contributed by atoms with Gasteiger partial charge in [0.15, 0.2) is 0 Å². The maximum Gasteiger partial charge on any atom is 0.0857 e. The Morgan fingerprint density at radius 3 is 2.58 bits per heavy atom. The molecule has 0 spiro atoms. The van der Waals surface area contributed by atoms with Crippen molar-refractivity contribution in [1.29, 1.82) is 0 Å². The van der Waals surface area contributed by atoms with Gasteiger partial charge in [0.25, 0.3) is 0 Å². The molecule has 0 amide bonds. The summed E-state index contributed by atoms with van der Waals surface area (Å²) in [5.41, 5.74) is 5.83. The largest absolute Gasteiger partial charge is 0.371 e. The van der Waals surface area contributed by atoms with Crippen molar-refractivity contribution in [3.63, 3.8) is 0 Å². The standard InChI is InChI=1S/C7H14N2O.C2H6/c1-9-3-5-2-6(8)7(4-9)10-5;1-2/h5-7H,2-4,8H2,1H3;1-2H3/t5-,6+,7-;/m1./s1. The highest BCUT2D eigenvalue weighted by Gasteiger charge is 2.37. The number of morpholine rings is 1. The molecule has 2 fully saturated rings. The van der Waals surface area contributed by atoms with Gasteiger partial charge in [-0.25, -0.2) is 0 Å². The summed E-state index contributed by atoms with van der Waals surface area (Å²) in [5.74, 6) is 0. The average molecular weight is 172 g/mol. The molecule has 2 rings (SSSR count). The molecule has 0 aromatic heterocycles. The predicted octanol–water partition coefficient (Wildman–Crippen LogP) is 0.443. The Balaban J connectivity index is 0.000000336. The van der Waals surface area contributed by atoms with E-state index in [2.05, 4.69) is 11.9 Å². The van der Waals surface area contributed by atoms with Crippen molar-refractivity contribution < 1.29 is 4.74 Å². The smallest absolute Gasteiger partial charge is 0.0857 e. The van der Waals surface area contributed by atoms with Gasteiger partial charge >= 0.3 is 0 Å². The van der Waals surface area contributed by atoms with E-state index in [-0.39, 0.29) is 6.04 Å². The van der Waals surface area contributed by atoms with Crippen LogP contribution in [0.5, 0.6) is 0 Å². The summed E-state index contributed by atoms with van der Waals surface area (Å²) < 4.78 is 5.61. The Bertz CT molecular complexity index is 136. The number of nitrogens with zero attached hydrogens (tertiary/aromatic N) is 1. The van der Waals surface area contributed by atoms with Crippen molar-refractivity contribution in [3.05, 3.63) is 0 Å². The summed E-state index contributed by atoms with van der Waals surface area (Å²) in [6.45, 7) is 6.07. The minimum Gasteiger partial charge on any atom is -0.371 e. The molecule has 3 heteroatoms. The zero-order valence-electron chi connectivity index (χ0n) is 8.29. The van der Waals surface area contributed by atoms with Crippen LogP contribution < -0.4 is 5.73 Å². The number of rotatable bonds is 0. The number of ether oxygens (including phenoxy) is 1. The number of likely N-dealkylation sites (tertiary alicyclic amines) is 1. The summed E-state index contributed by atoms with van der Waals surface area (Å²) in [7, 11) is 2.13. The number of fused-ring (bicyclic) bond motifs is 2. The molecular weight excluding hydrogens is 152 g/mol. The van der Waals surface area contributed by atoms with Gasteiger partial charge in [0.1, 0.15) is 0 Å². The van der Waals surface area contributed by atoms with E-state index in [9.17, 15) is 0 Å². The average Bonchev–Trinajstić information content (AvgIpc) is 2.30. The summed E-state index contributed by atoms with van der Waals surface area (Å²) in [6.07, 6.45) is 1.78. The number of hydrogen-bond donors (Lipinski definition) is 1. The lowest BCUT2D eigenvalue weighted by Gasteiger charge is -2.29. The lowest BCUT2D eigenvalue weighted by molar-refractivity contribution is -0.0320. The lowest BCUT2D eigenvalue weighted by Crippen LogP contribution is -2.43. The molecule has 3 atom stereocenters. The minimum absolute atomic E-state index is 0.287. The molecule has 0 saturated carbocycles. The second-order valence-corrected chi connectivity index (χ2v) is 3.42. The Labute approximate surface area is 74.9 Å². The van der Waals surface area contributed by atoms with Crippen LogP contribution >= 0.6 is 0 Å². The molecule has 2 aliphatic heterocycles. The Hall–Kier alpha value is -0.120. The maximum absolute atomic E-state index is 5.83. The molecule has 3 nitrogen and oxygen atoms in total. The highest BCUT2D eigenvalue weighted by Crippen LogP contribution is 2.24. The summed E-state index contributed by atoms with van der Waals surface area (Å²) >= 11 is 0. The van der Waals surface area contributed by atoms with Crippen molar-refractivity contribution >= 4 is 0 Å². The molecule has 0 aromatic carbocycles. The van der Waals surface area contributed by atoms with E-state index in [1.807, 2.05) is 13.8 Å². The molecule has 2 N–H and O–H groups in total. The SMILES string of the molecule is CC.CN1C[C@H]2C[C@H](N)[C@@H](C1)O2. The van der Waals surface area contributed by atoms with E-state index in [4.69, 9.17) is 10.5 Å². The first-order valence-electron chi connectivity index (χ1n) is 4.85. The van der Waals surface area contributed by atoms with Gasteiger partial charge in [0, 0.05) is 19.1 Å². The molecule has 2 saturated heterocycles. The van der Waals surface area contributed by atoms with E-state index >= 15 is 0 Å². The van der Waals surface area contributed by atoms with Crippen molar-refractivity contribution in [2.45, 2.75) is 38.5 Å². The first-order chi connectivity index (χ1) is 5.75. The van der Waals surface area contributed by atoms with Crippen LogP contribution in [0.25, 0.3) is 0 Å². The fourth-order valence-electron chi connectivity index (χ4n) is 1.88. The van der Waals surface area contributed by atoms with Crippen LogP contribution in [0.1, 0.15) is 20.3 Å². The van der Waals surface area contributed by atoms with Gasteiger partial charge in [-0.15, -0.1) is 0 Å². The molecule has 2 heterocycles. The molecule has 0 aliphatic carbocycles. The van der Waals surface area contributed by atoms with Gasteiger partial charge in [-0.2, -0.15) is 0 Å². The van der Waals surface area contributed by atoms with E-state index in [1.165, 1.54) is 0 Å². The molecule has 12 heavy (non-hydrogen) atoms. The van der Waals surface area contributed by atoms with Crippen molar-refractivity contribution in [2.75, 3.05) is 20.1 Å². The van der Waals surface area contributed by atoms with Crippen LogP contribution in [-0.4, -0.2) is 43.3 Å². The molecule has 2 aliphatic rings. The van der Waals surface area contributed by atoms with E-state index < -0.39 is 0 Å². The van der Waals surface area contributed by atoms with Gasteiger partial charge in [-0.05, 0) is 13.5 Å². The van der Waals surface area contributed by atoms with Gasteiger partial charge in [-0.3, -0.25) is 0 Å². The van der Waals surface area contributed by atoms with Gasteiger partial charge in [-0.1, -0.05) is 13.8 Å². The Kier molecular flexibility index (Phi) is 3.50. The fourth-order valence-corrected chi connectivity index (χ4v) is 1.88. The van der Waals surface area contributed by atoms with Crippen molar-refractivity contribution in [3.8, 4) is 0 Å². The van der Waals surface area contributed by atoms with Crippen LogP contribution in [0, 0.1) is 0 Å². The van der Waals surface area contributed by atoms with E-state index in [1.54, 1.807) is 0 Å². The second kappa shape index (κ2) is 4.21. The van der Waals surface area contributed by atoms with Crippen molar-refractivity contribution in [1.82, 2.24) is 4.90 Å². The molecule has 2 bridgehead atoms. The topological polar surface area (TPSA) is 38.5 Å². The highest BCUT2D eigenvalue weighted by molar-refractivity contribution is 4.92. The lowest BCUT2D eigenvalue weighted by atomic mass is 10.1. The van der Waals surface area contributed by atoms with E-state index in [0.717, 1.165) is 19.5 Å². The quantitative estimate of drug-likeness (QED) is 0.576. The maximum atomic E-state index is 5.83. The fraction of sp³-hybridized carbons (Fsp3) is 1.00. The molecule has 0 aromatic rings. The molecule has 72 valence electrons. The summed E-state index contributed by atoms with van der Waals surface area (Å²) in [4.78, 5) is 2.30. The van der Waals surface area contributed by atoms with Gasteiger partial charge in [0.2, 0.25) is 0 Å². The van der Waals surface area contributed by atoms with Crippen LogP contribution in [-0.2, 0) is 4.74 Å². The zero-order chi connectivity index (χ0) is 9.14. The third-order valence-corrected chi connectivity index (χ3v) is 2.39. The summed E-state index contributed by atoms with van der Waals surface area (Å²) in [5, 5.41) is 0. The molecule has 0 radical (unpaired) electrons. The number of likely N-dealkylation sites (N-methyl/N-ethyl adjacent to an activating group) is 1. The normalized spacial score (nSPS) is 40.5. The number of nitrogens with two attached hydrogens (primary N) is 1. The first kappa shape index (κ1) is 9.96. The third kappa shape index (κ3) is 1.97. The monoisotopic (exact) mass is 172 g/mol. The van der Waals surface area contributed by atoms with Gasteiger partial charge < -0.3 is 15.4 Å². The van der Waals surface area contributed by atoms with Crippen LogP contribution in [0.15, 0.2) is 0 Å². The summed E-state index contributed by atoms with van der Waals surface area (Å²) in [6, 6.07) is 0.287. The minimum atomic E-state index is 0.287. The van der Waals surface area contributed by atoms with E-state index in [0.29, 0.717) is 12.2 Å². The second-order valence-electron chi connectivity index (χ2n) is 3.42. The predicted molar refractivity (Wildman–Crippen MR) is 50.1 cm³/mol. The van der Waals surface area contributed by atoms with Crippen LogP contribution in [0.4, 0.5) is 0 Å². The Morgan fingerprint density at radius 2 is 2.00 bits per heavy atom. The third-order valence-electron chi connectivity index (χ3n) is 2.39.